The fourth-order valence-electron chi connectivity index (χ4n) is 2.19. The fourth-order valence-corrected chi connectivity index (χ4v) is 2.19. The van der Waals surface area contributed by atoms with E-state index in [1.807, 2.05) is 0 Å². The molecule has 0 aromatic carbocycles. The SMILES string of the molecule is CCCCC(C)CCC(C)CC(C)C. The van der Waals surface area contributed by atoms with E-state index in [1.54, 1.807) is 0 Å². The zero-order chi connectivity index (χ0) is 11.0. The Balaban J connectivity index is 3.40. The van der Waals surface area contributed by atoms with Crippen molar-refractivity contribution in [2.75, 3.05) is 0 Å². The molecule has 0 aliphatic rings. The van der Waals surface area contributed by atoms with Crippen molar-refractivity contribution in [3.63, 3.8) is 0 Å². The molecule has 0 nitrogen and oxygen atoms in total. The maximum absolute atomic E-state index is 2.41. The Hall–Kier alpha value is 0. The highest BCUT2D eigenvalue weighted by molar-refractivity contribution is 4.60. The van der Waals surface area contributed by atoms with Gasteiger partial charge in [-0.3, -0.25) is 0 Å². The Labute approximate surface area is 91.5 Å². The Morgan fingerprint density at radius 1 is 0.786 bits per heavy atom. The maximum Gasteiger partial charge on any atom is -0.0440 e. The van der Waals surface area contributed by atoms with Gasteiger partial charge >= 0.3 is 0 Å². The van der Waals surface area contributed by atoms with Gasteiger partial charge in [0.2, 0.25) is 0 Å². The van der Waals surface area contributed by atoms with Crippen LogP contribution in [0.2, 0.25) is 0 Å². The molecule has 0 aliphatic carbocycles. The molecule has 0 heterocycles. The van der Waals surface area contributed by atoms with Crippen LogP contribution in [0.1, 0.15) is 73.1 Å². The quantitative estimate of drug-likeness (QED) is 0.498. The van der Waals surface area contributed by atoms with Crippen LogP contribution >= 0.6 is 0 Å². The van der Waals surface area contributed by atoms with E-state index in [2.05, 4.69) is 34.6 Å². The van der Waals surface area contributed by atoms with Crippen LogP contribution in [-0.4, -0.2) is 0 Å². The normalized spacial score (nSPS) is 15.9. The molecule has 0 spiro atoms. The van der Waals surface area contributed by atoms with E-state index in [0.717, 1.165) is 17.8 Å². The van der Waals surface area contributed by atoms with Gasteiger partial charge in [0, 0.05) is 0 Å². The van der Waals surface area contributed by atoms with Crippen molar-refractivity contribution in [2.45, 2.75) is 73.1 Å². The van der Waals surface area contributed by atoms with E-state index in [1.165, 1.54) is 38.5 Å². The highest BCUT2D eigenvalue weighted by Crippen LogP contribution is 2.21. The first kappa shape index (κ1) is 14.0. The highest BCUT2D eigenvalue weighted by atomic mass is 14.1. The summed E-state index contributed by atoms with van der Waals surface area (Å²) in [7, 11) is 0. The van der Waals surface area contributed by atoms with E-state index >= 15 is 0 Å². The minimum atomic E-state index is 0.871. The van der Waals surface area contributed by atoms with Gasteiger partial charge in [0.05, 0.1) is 0 Å². The summed E-state index contributed by atoms with van der Waals surface area (Å²) in [5, 5.41) is 0. The van der Waals surface area contributed by atoms with Crippen molar-refractivity contribution in [3.05, 3.63) is 0 Å². The van der Waals surface area contributed by atoms with E-state index < -0.39 is 0 Å². The van der Waals surface area contributed by atoms with Gasteiger partial charge in [-0.25, -0.2) is 0 Å². The highest BCUT2D eigenvalue weighted by Gasteiger charge is 2.07. The second-order valence-electron chi connectivity index (χ2n) is 5.56. The summed E-state index contributed by atoms with van der Waals surface area (Å²) in [6.45, 7) is 11.8. The van der Waals surface area contributed by atoms with E-state index in [-0.39, 0.29) is 0 Å². The third-order valence-electron chi connectivity index (χ3n) is 3.08. The van der Waals surface area contributed by atoms with Crippen molar-refractivity contribution in [2.24, 2.45) is 17.8 Å². The lowest BCUT2D eigenvalue weighted by Crippen LogP contribution is -2.03. The van der Waals surface area contributed by atoms with Crippen molar-refractivity contribution in [3.8, 4) is 0 Å². The number of unbranched alkanes of at least 4 members (excludes halogenated alkanes) is 1. The molecule has 2 unspecified atom stereocenters. The molecule has 0 aliphatic heterocycles. The molecule has 14 heavy (non-hydrogen) atoms. The summed E-state index contributed by atoms with van der Waals surface area (Å²) in [6.07, 6.45) is 8.48. The van der Waals surface area contributed by atoms with E-state index in [9.17, 15) is 0 Å². The average Bonchev–Trinajstić information content (AvgIpc) is 2.10. The fraction of sp³-hybridized carbons (Fsp3) is 1.00. The molecule has 0 saturated carbocycles. The molecule has 0 aromatic rings. The first-order chi connectivity index (χ1) is 6.56. The third kappa shape index (κ3) is 8.59. The van der Waals surface area contributed by atoms with Gasteiger partial charge < -0.3 is 0 Å². The van der Waals surface area contributed by atoms with Crippen molar-refractivity contribution in [1.82, 2.24) is 0 Å². The molecule has 0 radical (unpaired) electrons. The summed E-state index contributed by atoms with van der Waals surface area (Å²) in [5.41, 5.74) is 0. The Bertz CT molecular complexity index is 115. The molecule has 0 rings (SSSR count). The minimum Gasteiger partial charge on any atom is -0.0654 e. The molecule has 0 fully saturated rings. The lowest BCUT2D eigenvalue weighted by atomic mass is 9.90. The van der Waals surface area contributed by atoms with Gasteiger partial charge in [0.25, 0.3) is 0 Å². The number of hydrogen-bond acceptors (Lipinski definition) is 0. The van der Waals surface area contributed by atoms with Gasteiger partial charge in [-0.15, -0.1) is 0 Å². The van der Waals surface area contributed by atoms with Gasteiger partial charge in [0.15, 0.2) is 0 Å². The van der Waals surface area contributed by atoms with Gasteiger partial charge in [-0.1, -0.05) is 66.7 Å². The molecule has 0 heteroatoms. The zero-order valence-corrected chi connectivity index (χ0v) is 11.0. The first-order valence-corrected chi connectivity index (χ1v) is 6.56. The maximum atomic E-state index is 2.41. The lowest BCUT2D eigenvalue weighted by molar-refractivity contribution is 0.360. The smallest absolute Gasteiger partial charge is 0.0440 e. The Kier molecular flexibility index (Phi) is 8.32. The molecule has 0 saturated heterocycles. The molecule has 86 valence electrons. The van der Waals surface area contributed by atoms with E-state index in [0.29, 0.717) is 0 Å². The Morgan fingerprint density at radius 2 is 1.36 bits per heavy atom. The minimum absolute atomic E-state index is 0.871. The first-order valence-electron chi connectivity index (χ1n) is 6.56. The summed E-state index contributed by atoms with van der Waals surface area (Å²) in [6, 6.07) is 0. The van der Waals surface area contributed by atoms with Crippen LogP contribution in [0.15, 0.2) is 0 Å². The average molecular weight is 198 g/mol. The predicted molar refractivity (Wildman–Crippen MR) is 66.5 cm³/mol. The molecule has 0 aromatic heterocycles. The topological polar surface area (TPSA) is 0 Å². The predicted octanol–water partition coefficient (Wildman–Crippen LogP) is 5.28. The number of hydrogen-bond donors (Lipinski definition) is 0. The van der Waals surface area contributed by atoms with Crippen molar-refractivity contribution < 1.29 is 0 Å². The summed E-state index contributed by atoms with van der Waals surface area (Å²) in [5.74, 6) is 2.75. The molecule has 0 amide bonds. The monoisotopic (exact) mass is 198 g/mol. The third-order valence-corrected chi connectivity index (χ3v) is 3.08. The van der Waals surface area contributed by atoms with Crippen LogP contribution in [0.3, 0.4) is 0 Å². The van der Waals surface area contributed by atoms with Crippen molar-refractivity contribution in [1.29, 1.82) is 0 Å². The molecular weight excluding hydrogens is 168 g/mol. The summed E-state index contributed by atoms with van der Waals surface area (Å²) >= 11 is 0. The second-order valence-corrected chi connectivity index (χ2v) is 5.56. The molecule has 0 bridgehead atoms. The van der Waals surface area contributed by atoms with Gasteiger partial charge in [-0.2, -0.15) is 0 Å². The molecule has 0 N–H and O–H groups in total. The van der Waals surface area contributed by atoms with Crippen LogP contribution in [-0.2, 0) is 0 Å². The number of rotatable bonds is 8. The van der Waals surface area contributed by atoms with Gasteiger partial charge in [-0.05, 0) is 24.2 Å². The zero-order valence-electron chi connectivity index (χ0n) is 11.0. The second kappa shape index (κ2) is 8.32. The largest absolute Gasteiger partial charge is 0.0654 e. The van der Waals surface area contributed by atoms with Crippen LogP contribution in [0, 0.1) is 17.8 Å². The van der Waals surface area contributed by atoms with E-state index in [4.69, 9.17) is 0 Å². The molecular formula is C14H30. The van der Waals surface area contributed by atoms with Crippen LogP contribution in [0.5, 0.6) is 0 Å². The standard InChI is InChI=1S/C14H30/c1-6-7-8-13(4)9-10-14(5)11-12(2)3/h12-14H,6-11H2,1-5H3. The van der Waals surface area contributed by atoms with Crippen LogP contribution in [0.4, 0.5) is 0 Å². The Morgan fingerprint density at radius 3 is 1.86 bits per heavy atom. The van der Waals surface area contributed by atoms with Crippen LogP contribution < -0.4 is 0 Å². The van der Waals surface area contributed by atoms with Gasteiger partial charge in [0.1, 0.15) is 0 Å². The summed E-state index contributed by atoms with van der Waals surface area (Å²) in [4.78, 5) is 0. The van der Waals surface area contributed by atoms with Crippen molar-refractivity contribution >= 4 is 0 Å². The van der Waals surface area contributed by atoms with Crippen LogP contribution in [0.25, 0.3) is 0 Å². The lowest BCUT2D eigenvalue weighted by Gasteiger charge is -2.16. The molecule has 2 atom stereocenters. The summed E-state index contributed by atoms with van der Waals surface area (Å²) < 4.78 is 0.